The van der Waals surface area contributed by atoms with Crippen molar-refractivity contribution in [3.05, 3.63) is 41.5 Å². The molecule has 4 nitrogen and oxygen atoms in total. The zero-order valence-corrected chi connectivity index (χ0v) is 12.7. The van der Waals surface area contributed by atoms with Crippen LogP contribution in [0.1, 0.15) is 36.8 Å². The summed E-state index contributed by atoms with van der Waals surface area (Å²) in [6, 6.07) is 5.55. The summed E-state index contributed by atoms with van der Waals surface area (Å²) in [7, 11) is 0. The van der Waals surface area contributed by atoms with Crippen molar-refractivity contribution in [3.63, 3.8) is 0 Å². The van der Waals surface area contributed by atoms with E-state index in [4.69, 9.17) is 5.73 Å². The third kappa shape index (κ3) is 3.45. The Hall–Kier alpha value is -1.81. The molecule has 1 aromatic rings. The molecule has 114 valence electrons. The van der Waals surface area contributed by atoms with Crippen LogP contribution in [0.25, 0.3) is 0 Å². The quantitative estimate of drug-likeness (QED) is 0.817. The fourth-order valence-electron chi connectivity index (χ4n) is 3.11. The third-order valence-electron chi connectivity index (χ3n) is 4.17. The van der Waals surface area contributed by atoms with E-state index >= 15 is 0 Å². The van der Waals surface area contributed by atoms with Gasteiger partial charge in [0.05, 0.1) is 11.7 Å². The number of amides is 1. The lowest BCUT2D eigenvalue weighted by atomic mass is 9.93. The maximum Gasteiger partial charge on any atom is 0.412 e. The average molecular weight is 288 g/mol. The molecule has 2 atom stereocenters. The molecule has 0 bridgehead atoms. The molecule has 1 aliphatic rings. The molecule has 0 saturated heterocycles. The van der Waals surface area contributed by atoms with Crippen LogP contribution in [0.2, 0.25) is 0 Å². The van der Waals surface area contributed by atoms with Crippen LogP contribution in [-0.4, -0.2) is 23.3 Å². The largest absolute Gasteiger partial charge is 0.465 e. The highest BCUT2D eigenvalue weighted by Crippen LogP contribution is 2.30. The van der Waals surface area contributed by atoms with Crippen molar-refractivity contribution in [1.29, 1.82) is 0 Å². The molecule has 0 aromatic heterocycles. The molecule has 1 aromatic carbocycles. The predicted molar refractivity (Wildman–Crippen MR) is 85.8 cm³/mol. The first kappa shape index (κ1) is 15.6. The molecular weight excluding hydrogens is 264 g/mol. The lowest BCUT2D eigenvalue weighted by Crippen LogP contribution is -2.51. The van der Waals surface area contributed by atoms with Gasteiger partial charge in [0.1, 0.15) is 0 Å². The number of hydrogen-bond acceptors (Lipinski definition) is 2. The first-order valence-corrected chi connectivity index (χ1v) is 7.51. The van der Waals surface area contributed by atoms with Crippen LogP contribution in [0.5, 0.6) is 0 Å². The molecule has 0 radical (unpaired) electrons. The minimum atomic E-state index is -0.919. The van der Waals surface area contributed by atoms with Crippen LogP contribution in [0.15, 0.2) is 30.4 Å². The minimum absolute atomic E-state index is 0.134. The molecule has 3 N–H and O–H groups in total. The summed E-state index contributed by atoms with van der Waals surface area (Å²) < 4.78 is 0. The molecule has 2 unspecified atom stereocenters. The number of rotatable bonds is 2. The van der Waals surface area contributed by atoms with Crippen LogP contribution in [0.4, 0.5) is 10.5 Å². The van der Waals surface area contributed by atoms with Crippen molar-refractivity contribution < 1.29 is 9.90 Å². The van der Waals surface area contributed by atoms with Gasteiger partial charge >= 0.3 is 6.09 Å². The Morgan fingerprint density at radius 1 is 1.19 bits per heavy atom. The standard InChI is InChI=1S/C17H24N2O2/c1-12-8-7-9-13(2)16(12)19(17(20)21)15-11-6-4-3-5-10-14(15)18/h3-4,7-9,14-15H,5-6,10-11,18H2,1-2H3,(H,20,21). The van der Waals surface area contributed by atoms with Gasteiger partial charge in [0.15, 0.2) is 0 Å². The van der Waals surface area contributed by atoms with Crippen LogP contribution in [0.3, 0.4) is 0 Å². The maximum atomic E-state index is 11.9. The van der Waals surface area contributed by atoms with Gasteiger partial charge in [0, 0.05) is 6.04 Å². The first-order valence-electron chi connectivity index (χ1n) is 7.51. The van der Waals surface area contributed by atoms with Gasteiger partial charge in [0.25, 0.3) is 0 Å². The molecule has 4 heteroatoms. The Labute approximate surface area is 126 Å². The molecule has 0 saturated carbocycles. The van der Waals surface area contributed by atoms with Gasteiger partial charge < -0.3 is 10.8 Å². The number of benzene rings is 1. The van der Waals surface area contributed by atoms with Gasteiger partial charge in [-0.05, 0) is 50.7 Å². The molecule has 21 heavy (non-hydrogen) atoms. The second kappa shape index (κ2) is 6.76. The van der Waals surface area contributed by atoms with Gasteiger partial charge in [-0.3, -0.25) is 4.90 Å². The number of nitrogens with zero attached hydrogens (tertiary/aromatic N) is 1. The Bertz CT molecular complexity index is 519. The minimum Gasteiger partial charge on any atom is -0.465 e. The number of carbonyl (C=O) groups is 1. The summed E-state index contributed by atoms with van der Waals surface area (Å²) in [5.74, 6) is 0. The molecule has 0 fully saturated rings. The lowest BCUT2D eigenvalue weighted by Gasteiger charge is -2.36. The van der Waals surface area contributed by atoms with Gasteiger partial charge in [-0.25, -0.2) is 4.79 Å². The molecule has 0 spiro atoms. The van der Waals surface area contributed by atoms with Gasteiger partial charge in [-0.1, -0.05) is 30.4 Å². The fourth-order valence-corrected chi connectivity index (χ4v) is 3.11. The molecule has 0 aliphatic heterocycles. The molecule has 2 rings (SSSR count). The number of anilines is 1. The monoisotopic (exact) mass is 288 g/mol. The summed E-state index contributed by atoms with van der Waals surface area (Å²) in [5, 5.41) is 9.76. The molecule has 1 aliphatic carbocycles. The zero-order chi connectivity index (χ0) is 15.4. The van der Waals surface area contributed by atoms with Gasteiger partial charge in [-0.2, -0.15) is 0 Å². The summed E-state index contributed by atoms with van der Waals surface area (Å²) in [4.78, 5) is 13.4. The van der Waals surface area contributed by atoms with Crippen molar-refractivity contribution in [1.82, 2.24) is 0 Å². The number of hydrogen-bond donors (Lipinski definition) is 2. The van der Waals surface area contributed by atoms with E-state index in [1.54, 1.807) is 0 Å². The van der Waals surface area contributed by atoms with Crippen LogP contribution in [0, 0.1) is 13.8 Å². The molecule has 1 amide bonds. The number of allylic oxidation sites excluding steroid dienone is 2. The molecule has 0 heterocycles. The summed E-state index contributed by atoms with van der Waals surface area (Å²) in [6.45, 7) is 3.90. The van der Waals surface area contributed by atoms with Crippen LogP contribution < -0.4 is 10.6 Å². The number of carboxylic acid groups (broad SMARTS) is 1. The lowest BCUT2D eigenvalue weighted by molar-refractivity contribution is 0.196. The summed E-state index contributed by atoms with van der Waals surface area (Å²) in [5.41, 5.74) is 9.02. The Morgan fingerprint density at radius 3 is 2.33 bits per heavy atom. The highest BCUT2D eigenvalue weighted by molar-refractivity contribution is 5.89. The Morgan fingerprint density at radius 2 is 1.76 bits per heavy atom. The Balaban J connectivity index is 2.42. The SMILES string of the molecule is Cc1cccc(C)c1N(C(=O)O)C1CCC=CCCC1N. The number of para-hydroxylation sites is 1. The van der Waals surface area contributed by atoms with E-state index in [1.165, 1.54) is 4.90 Å². The number of nitrogens with two attached hydrogens (primary N) is 1. The van der Waals surface area contributed by atoms with E-state index in [-0.39, 0.29) is 12.1 Å². The fraction of sp³-hybridized carbons (Fsp3) is 0.471. The van der Waals surface area contributed by atoms with E-state index in [0.29, 0.717) is 0 Å². The van der Waals surface area contributed by atoms with Crippen molar-refractivity contribution in [2.24, 2.45) is 5.73 Å². The Kier molecular flexibility index (Phi) is 5.02. The third-order valence-corrected chi connectivity index (χ3v) is 4.17. The van der Waals surface area contributed by atoms with Crippen molar-refractivity contribution in [2.75, 3.05) is 4.90 Å². The van der Waals surface area contributed by atoms with E-state index in [2.05, 4.69) is 12.2 Å². The summed E-state index contributed by atoms with van der Waals surface area (Å²) >= 11 is 0. The normalized spacial score (nSPS) is 22.4. The van der Waals surface area contributed by atoms with E-state index < -0.39 is 6.09 Å². The second-order valence-electron chi connectivity index (χ2n) is 5.75. The maximum absolute atomic E-state index is 11.9. The van der Waals surface area contributed by atoms with Gasteiger partial charge in [-0.15, -0.1) is 0 Å². The van der Waals surface area contributed by atoms with E-state index in [0.717, 1.165) is 42.5 Å². The van der Waals surface area contributed by atoms with Crippen LogP contribution >= 0.6 is 0 Å². The zero-order valence-electron chi connectivity index (χ0n) is 12.7. The predicted octanol–water partition coefficient (Wildman–Crippen LogP) is 3.61. The van der Waals surface area contributed by atoms with E-state index in [9.17, 15) is 9.90 Å². The highest BCUT2D eigenvalue weighted by Gasteiger charge is 2.31. The topological polar surface area (TPSA) is 66.6 Å². The van der Waals surface area contributed by atoms with Crippen molar-refractivity contribution in [3.8, 4) is 0 Å². The smallest absolute Gasteiger partial charge is 0.412 e. The second-order valence-corrected chi connectivity index (χ2v) is 5.75. The highest BCUT2D eigenvalue weighted by atomic mass is 16.4. The van der Waals surface area contributed by atoms with Crippen LogP contribution in [-0.2, 0) is 0 Å². The molecular formula is C17H24N2O2. The van der Waals surface area contributed by atoms with E-state index in [1.807, 2.05) is 32.0 Å². The van der Waals surface area contributed by atoms with Crippen molar-refractivity contribution >= 4 is 11.8 Å². The van der Waals surface area contributed by atoms with Crippen molar-refractivity contribution in [2.45, 2.75) is 51.6 Å². The summed E-state index contributed by atoms with van der Waals surface area (Å²) in [6.07, 6.45) is 6.71. The van der Waals surface area contributed by atoms with Gasteiger partial charge in [0.2, 0.25) is 0 Å². The first-order chi connectivity index (χ1) is 10.0. The average Bonchev–Trinajstić information content (AvgIpc) is 2.40. The number of aryl methyl sites for hydroxylation is 2.